The number of carbonyl (C=O) groups is 2. The Kier molecular flexibility index (Phi) is 35.8. The maximum atomic E-state index is 12.0. The summed E-state index contributed by atoms with van der Waals surface area (Å²) in [5, 5.41) is 22.1. The predicted octanol–water partition coefficient (Wildman–Crippen LogP) is 4.64. The van der Waals surface area contributed by atoms with Crippen molar-refractivity contribution < 1.29 is 38.9 Å². The molecule has 0 aliphatic carbocycles. The van der Waals surface area contributed by atoms with E-state index >= 15 is 0 Å². The van der Waals surface area contributed by atoms with Gasteiger partial charge in [-0.1, -0.05) is 35.3 Å². The Bertz CT molecular complexity index is 528. The number of thioether (sulfide) groups is 10. The van der Waals surface area contributed by atoms with Gasteiger partial charge >= 0.3 is 5.97 Å². The van der Waals surface area contributed by atoms with Crippen LogP contribution in [0, 0.1) is 0 Å². The fraction of sp³-hybridized carbons (Fsp3) is 0.889. The van der Waals surface area contributed by atoms with E-state index in [1.807, 2.05) is 0 Å². The van der Waals surface area contributed by atoms with Crippen LogP contribution in [0.3, 0.4) is 0 Å². The summed E-state index contributed by atoms with van der Waals surface area (Å²) >= 11 is 14.5. The lowest BCUT2D eigenvalue weighted by Gasteiger charge is -2.10. The Morgan fingerprint density at radius 1 is 0.703 bits per heavy atom. The van der Waals surface area contributed by atoms with E-state index in [9.17, 15) is 14.1 Å². The van der Waals surface area contributed by atoms with Gasteiger partial charge in [-0.25, -0.2) is 9.78 Å². The number of aliphatic hydroxyl groups excluding tert-OH is 2. The summed E-state index contributed by atoms with van der Waals surface area (Å²) in [5.41, 5.74) is 0. The van der Waals surface area contributed by atoms with Crippen molar-refractivity contribution in [1.29, 1.82) is 0 Å². The molecule has 0 saturated heterocycles. The van der Waals surface area contributed by atoms with Crippen molar-refractivity contribution in [3.8, 4) is 0 Å². The fourth-order valence-corrected chi connectivity index (χ4v) is 12.7. The van der Waals surface area contributed by atoms with E-state index in [0.717, 1.165) is 48.7 Å². The van der Waals surface area contributed by atoms with E-state index in [1.54, 1.807) is 70.6 Å². The smallest absolute Gasteiger partial charge is 0.316 e. The first-order valence-corrected chi connectivity index (χ1v) is 23.3. The van der Waals surface area contributed by atoms with Crippen molar-refractivity contribution in [3.05, 3.63) is 0 Å². The minimum Gasteiger partial charge on any atom is -0.616 e. The maximum Gasteiger partial charge on any atom is 0.316 e. The van der Waals surface area contributed by atoms with Crippen LogP contribution in [-0.2, 0) is 35.3 Å². The Morgan fingerprint density at radius 3 is 2.14 bits per heavy atom. The molecule has 1 atom stereocenters. The second kappa shape index (κ2) is 33.3. The fourth-order valence-electron chi connectivity index (χ4n) is 1.60. The van der Waals surface area contributed by atoms with Crippen molar-refractivity contribution in [2.45, 2.75) is 0 Å². The molecule has 0 saturated carbocycles. The van der Waals surface area contributed by atoms with Crippen LogP contribution in [0.2, 0.25) is 0 Å². The average molecular weight is 731 g/mol. The molecular weight excluding hydrogens is 697 g/mol. The van der Waals surface area contributed by atoms with Gasteiger partial charge in [-0.05, 0) is 11.2 Å². The molecule has 220 valence electrons. The lowest BCUT2D eigenvalue weighted by molar-refractivity contribution is -0.274. The van der Waals surface area contributed by atoms with Gasteiger partial charge in [0, 0.05) is 36.9 Å². The zero-order valence-electron chi connectivity index (χ0n) is 20.1. The van der Waals surface area contributed by atoms with Crippen LogP contribution in [-0.4, -0.2) is 115 Å². The second-order valence-corrected chi connectivity index (χ2v) is 19.6. The van der Waals surface area contributed by atoms with Crippen LogP contribution in [0.15, 0.2) is 0 Å². The average Bonchev–Trinajstić information content (AvgIpc) is 2.88. The van der Waals surface area contributed by atoms with Gasteiger partial charge in [0.2, 0.25) is 0 Å². The monoisotopic (exact) mass is 730 g/mol. The highest BCUT2D eigenvalue weighted by Gasteiger charge is 2.08. The molecule has 0 radical (unpaired) electrons. The molecule has 2 N–H and O–H groups in total. The SMILES string of the molecule is O=C(CSCSCC[S+]([O-])CSCSCSCSC(=O)CSCSCCOOCSCO)OCSCO. The summed E-state index contributed by atoms with van der Waals surface area (Å²) in [7, 11) is 0. The van der Waals surface area contributed by atoms with E-state index in [0.29, 0.717) is 34.9 Å². The first kappa shape index (κ1) is 39.8. The van der Waals surface area contributed by atoms with Crippen LogP contribution >= 0.6 is 118 Å². The Balaban J connectivity index is 3.31. The predicted molar refractivity (Wildman–Crippen MR) is 180 cm³/mol. The minimum absolute atomic E-state index is 0.0135. The molecule has 0 spiro atoms. The van der Waals surface area contributed by atoms with Gasteiger partial charge in [-0.2, -0.15) is 0 Å². The molecule has 0 aromatic heterocycles. The third kappa shape index (κ3) is 33.2. The second-order valence-electron chi connectivity index (χ2n) is 5.85. The molecule has 0 amide bonds. The van der Waals surface area contributed by atoms with Crippen molar-refractivity contribution in [2.24, 2.45) is 0 Å². The molecule has 8 nitrogen and oxygen atoms in total. The van der Waals surface area contributed by atoms with E-state index in [4.69, 9.17) is 24.7 Å². The van der Waals surface area contributed by atoms with Crippen molar-refractivity contribution in [3.63, 3.8) is 0 Å². The molecule has 1 unspecified atom stereocenters. The third-order valence-electron chi connectivity index (χ3n) is 3.09. The molecule has 19 heteroatoms. The summed E-state index contributed by atoms with van der Waals surface area (Å²) in [6.45, 7) is 0.481. The lowest BCUT2D eigenvalue weighted by atomic mass is 10.8. The molecule has 37 heavy (non-hydrogen) atoms. The standard InChI is InChI=1S/C18H34O8S11/c19-7-31-9-24-17(21)5-29-12-28-3-4-37(23)16-35-14-33-13-34-15-36-18(22)6-30-11-27-2-1-25-26-10-32-8-20/h19-20H,1-16H2. The van der Waals surface area contributed by atoms with Gasteiger partial charge in [0.25, 0.3) is 0 Å². The van der Waals surface area contributed by atoms with Gasteiger partial charge in [0.15, 0.2) is 10.2 Å². The number of hydrogen-bond donors (Lipinski definition) is 2. The summed E-state index contributed by atoms with van der Waals surface area (Å²) in [6, 6.07) is 0. The number of aliphatic hydroxyl groups is 2. The Morgan fingerprint density at radius 2 is 1.35 bits per heavy atom. The molecule has 0 fully saturated rings. The van der Waals surface area contributed by atoms with Crippen molar-refractivity contribution >= 4 is 140 Å². The largest absolute Gasteiger partial charge is 0.616 e. The highest BCUT2D eigenvalue weighted by Crippen LogP contribution is 2.23. The van der Waals surface area contributed by atoms with Crippen LogP contribution in [0.1, 0.15) is 0 Å². The van der Waals surface area contributed by atoms with Gasteiger partial charge in [0.05, 0.1) is 30.0 Å². The summed E-state index contributed by atoms with van der Waals surface area (Å²) in [4.78, 5) is 33.1. The van der Waals surface area contributed by atoms with Crippen molar-refractivity contribution in [2.75, 3.05) is 89.6 Å². The molecular formula is C18H34O8S11. The molecule has 0 aromatic rings. The minimum atomic E-state index is -0.844. The Labute approximate surface area is 265 Å². The molecule has 0 aliphatic heterocycles. The first-order chi connectivity index (χ1) is 18.1. The number of carbonyl (C=O) groups excluding carboxylic acids is 2. The van der Waals surface area contributed by atoms with E-state index in [2.05, 4.69) is 0 Å². The van der Waals surface area contributed by atoms with Gasteiger partial charge < -0.3 is 19.5 Å². The van der Waals surface area contributed by atoms with Crippen LogP contribution in [0.4, 0.5) is 0 Å². The normalized spacial score (nSPS) is 12.1. The van der Waals surface area contributed by atoms with Crippen LogP contribution in [0.5, 0.6) is 0 Å². The highest BCUT2D eigenvalue weighted by atomic mass is 32.3. The van der Waals surface area contributed by atoms with Crippen molar-refractivity contribution in [1.82, 2.24) is 0 Å². The topological polar surface area (TPSA) is 125 Å². The van der Waals surface area contributed by atoms with E-state index in [1.165, 1.54) is 35.3 Å². The summed E-state index contributed by atoms with van der Waals surface area (Å²) in [6.07, 6.45) is 0. The van der Waals surface area contributed by atoms with Gasteiger partial charge in [-0.3, -0.25) is 9.59 Å². The molecule has 0 heterocycles. The van der Waals surface area contributed by atoms with Gasteiger partial charge in [0.1, 0.15) is 17.6 Å². The quantitative estimate of drug-likeness (QED) is 0.0277. The Hall–Kier alpha value is 2.79. The van der Waals surface area contributed by atoms with Crippen LogP contribution in [0.25, 0.3) is 0 Å². The molecule has 0 bridgehead atoms. The molecule has 0 rings (SSSR count). The first-order valence-electron chi connectivity index (χ1n) is 10.4. The number of ether oxygens (including phenoxy) is 1. The third-order valence-corrected chi connectivity index (χ3v) is 15.6. The van der Waals surface area contributed by atoms with E-state index in [-0.39, 0.29) is 28.9 Å². The number of esters is 1. The molecule has 0 aromatic carbocycles. The highest BCUT2D eigenvalue weighted by molar-refractivity contribution is 8.30. The van der Waals surface area contributed by atoms with Crippen LogP contribution < -0.4 is 0 Å². The summed E-state index contributed by atoms with van der Waals surface area (Å²) in [5.74, 6) is 3.20. The summed E-state index contributed by atoms with van der Waals surface area (Å²) < 4.78 is 17.0. The molecule has 0 aliphatic rings. The van der Waals surface area contributed by atoms with E-state index < -0.39 is 11.2 Å². The zero-order chi connectivity index (χ0) is 27.2. The zero-order valence-corrected chi connectivity index (χ0v) is 29.1. The maximum absolute atomic E-state index is 12.0. The number of hydrogen-bond acceptors (Lipinski definition) is 18. The number of rotatable bonds is 29. The lowest BCUT2D eigenvalue weighted by Crippen LogP contribution is -2.11. The van der Waals surface area contributed by atoms with Gasteiger partial charge in [-0.15, -0.1) is 82.3 Å².